The zero-order valence-electron chi connectivity index (χ0n) is 11.3. The lowest BCUT2D eigenvalue weighted by Gasteiger charge is -2.11. The number of aliphatic hydroxyl groups is 1. The number of fused-ring (bicyclic) bond motifs is 1. The van der Waals surface area contributed by atoms with Crippen molar-refractivity contribution in [1.29, 1.82) is 0 Å². The maximum Gasteiger partial charge on any atom is 0.221 e. The van der Waals surface area contributed by atoms with E-state index in [1.165, 1.54) is 0 Å². The summed E-state index contributed by atoms with van der Waals surface area (Å²) in [4.78, 5) is 4.31. The van der Waals surface area contributed by atoms with Gasteiger partial charge in [-0.05, 0) is 31.4 Å². The summed E-state index contributed by atoms with van der Waals surface area (Å²) in [6.07, 6.45) is 0.192. The van der Waals surface area contributed by atoms with E-state index in [1.54, 1.807) is 0 Å². The topological polar surface area (TPSA) is 51.6 Å². The van der Waals surface area contributed by atoms with E-state index in [-0.39, 0.29) is 12.7 Å². The molecule has 4 nitrogen and oxygen atoms in total. The summed E-state index contributed by atoms with van der Waals surface area (Å²) < 4.78 is 11.1. The van der Waals surface area contributed by atoms with Gasteiger partial charge in [0.2, 0.25) is 5.88 Å². The Balaban J connectivity index is 2.16. The highest BCUT2D eigenvalue weighted by atomic mass is 16.5. The summed E-state index contributed by atoms with van der Waals surface area (Å²) in [5, 5.41) is 11.2. The lowest BCUT2D eigenvalue weighted by atomic mass is 10.1. The third-order valence-corrected chi connectivity index (χ3v) is 2.69. The first-order valence-electron chi connectivity index (χ1n) is 6.44. The number of aromatic nitrogens is 1. The van der Waals surface area contributed by atoms with Crippen LogP contribution in [0.5, 0.6) is 5.88 Å². The fourth-order valence-electron chi connectivity index (χ4n) is 1.83. The molecule has 0 atom stereocenters. The van der Waals surface area contributed by atoms with E-state index in [4.69, 9.17) is 9.47 Å². The molecule has 1 heterocycles. The van der Waals surface area contributed by atoms with Gasteiger partial charge in [-0.15, -0.1) is 0 Å². The first-order valence-corrected chi connectivity index (χ1v) is 6.44. The fourth-order valence-corrected chi connectivity index (χ4v) is 1.83. The summed E-state index contributed by atoms with van der Waals surface area (Å²) in [6, 6.07) is 9.71. The molecule has 0 saturated carbocycles. The highest BCUT2D eigenvalue weighted by molar-refractivity contribution is 5.87. The Morgan fingerprint density at radius 2 is 2.00 bits per heavy atom. The number of hydrogen-bond donors (Lipinski definition) is 1. The normalized spacial score (nSPS) is 11.2. The molecule has 4 heteroatoms. The van der Waals surface area contributed by atoms with Crippen LogP contribution in [-0.4, -0.2) is 29.4 Å². The minimum Gasteiger partial charge on any atom is -0.475 e. The van der Waals surface area contributed by atoms with E-state index in [0.717, 1.165) is 10.8 Å². The average Bonchev–Trinajstić information content (AvgIpc) is 2.42. The van der Waals surface area contributed by atoms with Crippen LogP contribution in [0.4, 0.5) is 0 Å². The second-order valence-electron chi connectivity index (χ2n) is 4.57. The number of nitrogens with zero attached hydrogens (tertiary/aromatic N) is 1. The molecule has 2 rings (SSSR count). The van der Waals surface area contributed by atoms with Gasteiger partial charge in [-0.1, -0.05) is 18.2 Å². The quantitative estimate of drug-likeness (QED) is 0.812. The maximum atomic E-state index is 9.22. The minimum atomic E-state index is -0.0936. The molecule has 0 fully saturated rings. The molecule has 0 amide bonds. The third kappa shape index (κ3) is 3.66. The smallest absolute Gasteiger partial charge is 0.221 e. The molecule has 0 aliphatic rings. The maximum absolute atomic E-state index is 9.22. The zero-order valence-corrected chi connectivity index (χ0v) is 11.3. The van der Waals surface area contributed by atoms with E-state index >= 15 is 0 Å². The predicted molar refractivity (Wildman–Crippen MR) is 74.2 cm³/mol. The Morgan fingerprint density at radius 1 is 1.21 bits per heavy atom. The minimum absolute atomic E-state index is 0.0936. The van der Waals surface area contributed by atoms with Crippen LogP contribution in [0.1, 0.15) is 19.5 Å². The van der Waals surface area contributed by atoms with Crippen molar-refractivity contribution in [2.75, 3.05) is 13.2 Å². The van der Waals surface area contributed by atoms with Crippen molar-refractivity contribution in [3.8, 4) is 5.88 Å². The van der Waals surface area contributed by atoms with Crippen molar-refractivity contribution >= 4 is 10.8 Å². The summed E-state index contributed by atoms with van der Waals surface area (Å²) in [7, 11) is 0. The highest BCUT2D eigenvalue weighted by Crippen LogP contribution is 2.24. The van der Waals surface area contributed by atoms with E-state index < -0.39 is 0 Å². The number of rotatable bonds is 6. The Labute approximate surface area is 113 Å². The molecule has 2 aromatic rings. The Morgan fingerprint density at radius 3 is 2.74 bits per heavy atom. The second-order valence-corrected chi connectivity index (χ2v) is 4.57. The van der Waals surface area contributed by atoms with Gasteiger partial charge in [0.05, 0.1) is 25.0 Å². The molecule has 0 aliphatic heterocycles. The second kappa shape index (κ2) is 6.50. The number of aliphatic hydroxyl groups excluding tert-OH is 1. The molecule has 1 aromatic carbocycles. The molecule has 0 saturated heterocycles. The van der Waals surface area contributed by atoms with E-state index in [0.29, 0.717) is 24.8 Å². The van der Waals surface area contributed by atoms with Crippen LogP contribution in [0.15, 0.2) is 30.3 Å². The Hall–Kier alpha value is -1.65. The van der Waals surface area contributed by atoms with E-state index in [1.807, 2.05) is 44.2 Å². The average molecular weight is 261 g/mol. The van der Waals surface area contributed by atoms with Crippen LogP contribution in [-0.2, 0) is 11.3 Å². The standard InChI is InChI=1S/C15H19NO3/c1-11(2)18-7-8-19-15-14-6-4-3-5-12(14)9-13(10-17)16-15/h3-6,9,11,17H,7-8,10H2,1-2H3. The molecule has 0 bridgehead atoms. The third-order valence-electron chi connectivity index (χ3n) is 2.69. The molecular formula is C15H19NO3. The van der Waals surface area contributed by atoms with Crippen molar-refractivity contribution < 1.29 is 14.6 Å². The van der Waals surface area contributed by atoms with Gasteiger partial charge < -0.3 is 14.6 Å². The lowest BCUT2D eigenvalue weighted by Crippen LogP contribution is -2.12. The van der Waals surface area contributed by atoms with Gasteiger partial charge >= 0.3 is 0 Å². The van der Waals surface area contributed by atoms with Crippen LogP contribution in [0.2, 0.25) is 0 Å². The lowest BCUT2D eigenvalue weighted by molar-refractivity contribution is 0.0545. The van der Waals surface area contributed by atoms with Crippen LogP contribution < -0.4 is 4.74 Å². The van der Waals surface area contributed by atoms with Gasteiger partial charge in [-0.3, -0.25) is 0 Å². The Kier molecular flexibility index (Phi) is 4.71. The number of ether oxygens (including phenoxy) is 2. The van der Waals surface area contributed by atoms with Gasteiger partial charge in [-0.2, -0.15) is 0 Å². The van der Waals surface area contributed by atoms with Crippen molar-refractivity contribution in [3.05, 3.63) is 36.0 Å². The van der Waals surface area contributed by atoms with Crippen molar-refractivity contribution in [2.45, 2.75) is 26.6 Å². The summed E-state index contributed by atoms with van der Waals surface area (Å²) in [5.74, 6) is 0.550. The number of benzene rings is 1. The van der Waals surface area contributed by atoms with Crippen LogP contribution in [0, 0.1) is 0 Å². The molecular weight excluding hydrogens is 242 g/mol. The van der Waals surface area contributed by atoms with Crippen LogP contribution >= 0.6 is 0 Å². The highest BCUT2D eigenvalue weighted by Gasteiger charge is 2.06. The molecule has 0 spiro atoms. The molecule has 19 heavy (non-hydrogen) atoms. The van der Waals surface area contributed by atoms with Crippen molar-refractivity contribution in [3.63, 3.8) is 0 Å². The molecule has 1 N–H and O–H groups in total. The molecule has 0 radical (unpaired) electrons. The molecule has 0 aliphatic carbocycles. The monoisotopic (exact) mass is 261 g/mol. The summed E-state index contributed by atoms with van der Waals surface area (Å²) in [6.45, 7) is 4.85. The van der Waals surface area contributed by atoms with Gasteiger partial charge in [0.15, 0.2) is 0 Å². The SMILES string of the molecule is CC(C)OCCOc1nc(CO)cc2ccccc12. The number of hydrogen-bond acceptors (Lipinski definition) is 4. The van der Waals surface area contributed by atoms with Crippen LogP contribution in [0.3, 0.4) is 0 Å². The Bertz CT molecular complexity index is 540. The van der Waals surface area contributed by atoms with Crippen molar-refractivity contribution in [2.24, 2.45) is 0 Å². The fraction of sp³-hybridized carbons (Fsp3) is 0.400. The van der Waals surface area contributed by atoms with Gasteiger partial charge in [0.25, 0.3) is 0 Å². The van der Waals surface area contributed by atoms with Gasteiger partial charge in [-0.25, -0.2) is 4.98 Å². The summed E-state index contributed by atoms with van der Waals surface area (Å²) in [5.41, 5.74) is 0.610. The summed E-state index contributed by atoms with van der Waals surface area (Å²) >= 11 is 0. The zero-order chi connectivity index (χ0) is 13.7. The molecule has 1 aromatic heterocycles. The largest absolute Gasteiger partial charge is 0.475 e. The van der Waals surface area contributed by atoms with Crippen molar-refractivity contribution in [1.82, 2.24) is 4.98 Å². The molecule has 102 valence electrons. The van der Waals surface area contributed by atoms with Gasteiger partial charge in [0.1, 0.15) is 6.61 Å². The van der Waals surface area contributed by atoms with E-state index in [9.17, 15) is 5.11 Å². The predicted octanol–water partition coefficient (Wildman–Crippen LogP) is 2.53. The first kappa shape index (κ1) is 13.8. The molecule has 0 unspecified atom stereocenters. The van der Waals surface area contributed by atoms with E-state index in [2.05, 4.69) is 4.98 Å². The number of pyridine rings is 1. The van der Waals surface area contributed by atoms with Crippen LogP contribution in [0.25, 0.3) is 10.8 Å². The first-order chi connectivity index (χ1) is 9.20. The van der Waals surface area contributed by atoms with Gasteiger partial charge in [0, 0.05) is 5.39 Å².